The SMILES string of the molecule is CCc1cccc(Sc2ncc3ccccc3n2)c1. The second-order valence-corrected chi connectivity index (χ2v) is 5.36. The van der Waals surface area contributed by atoms with Gasteiger partial charge in [0.25, 0.3) is 0 Å². The molecule has 3 rings (SSSR count). The fraction of sp³-hybridized carbons (Fsp3) is 0.125. The highest BCUT2D eigenvalue weighted by atomic mass is 32.2. The van der Waals surface area contributed by atoms with Gasteiger partial charge in [0.15, 0.2) is 5.16 Å². The summed E-state index contributed by atoms with van der Waals surface area (Å²) in [7, 11) is 0. The number of aryl methyl sites for hydroxylation is 1. The Kier molecular flexibility index (Phi) is 3.47. The number of hydrogen-bond donors (Lipinski definition) is 0. The summed E-state index contributed by atoms with van der Waals surface area (Å²) in [5.74, 6) is 0. The molecule has 0 saturated carbocycles. The zero-order chi connectivity index (χ0) is 13.1. The number of aromatic nitrogens is 2. The molecular weight excluding hydrogens is 252 g/mol. The standard InChI is InChI=1S/C16H14N2S/c1-2-12-6-5-8-14(10-12)19-16-17-11-13-7-3-4-9-15(13)18-16/h3-11H,2H2,1H3. The minimum atomic E-state index is 0.798. The molecule has 3 heteroatoms. The van der Waals surface area contributed by atoms with Gasteiger partial charge in [-0.1, -0.05) is 37.3 Å². The monoisotopic (exact) mass is 266 g/mol. The minimum Gasteiger partial charge on any atom is -0.230 e. The molecule has 0 fully saturated rings. The van der Waals surface area contributed by atoms with Crippen molar-refractivity contribution in [1.29, 1.82) is 0 Å². The largest absolute Gasteiger partial charge is 0.230 e. The first-order chi connectivity index (χ1) is 9.35. The van der Waals surface area contributed by atoms with Gasteiger partial charge in [-0.25, -0.2) is 9.97 Å². The van der Waals surface area contributed by atoms with E-state index in [1.54, 1.807) is 11.8 Å². The number of fused-ring (bicyclic) bond motifs is 1. The number of rotatable bonds is 3. The van der Waals surface area contributed by atoms with Gasteiger partial charge < -0.3 is 0 Å². The van der Waals surface area contributed by atoms with Gasteiger partial charge in [0.1, 0.15) is 0 Å². The van der Waals surface area contributed by atoms with E-state index in [1.165, 1.54) is 10.5 Å². The summed E-state index contributed by atoms with van der Waals surface area (Å²) in [6.45, 7) is 2.16. The second kappa shape index (κ2) is 5.41. The second-order valence-electron chi connectivity index (χ2n) is 4.31. The number of benzene rings is 2. The molecule has 0 saturated heterocycles. The summed E-state index contributed by atoms with van der Waals surface area (Å²) in [5, 5.41) is 1.88. The maximum absolute atomic E-state index is 4.58. The molecule has 1 aromatic heterocycles. The topological polar surface area (TPSA) is 25.8 Å². The molecule has 3 aromatic rings. The van der Waals surface area contributed by atoms with Crippen molar-refractivity contribution >= 4 is 22.7 Å². The van der Waals surface area contributed by atoms with Crippen molar-refractivity contribution in [2.45, 2.75) is 23.4 Å². The van der Waals surface area contributed by atoms with Gasteiger partial charge in [0.2, 0.25) is 0 Å². The van der Waals surface area contributed by atoms with Gasteiger partial charge in [-0.2, -0.15) is 0 Å². The highest BCUT2D eigenvalue weighted by Gasteiger charge is 2.03. The third kappa shape index (κ3) is 2.76. The normalized spacial score (nSPS) is 10.8. The van der Waals surface area contributed by atoms with E-state index < -0.39 is 0 Å². The van der Waals surface area contributed by atoms with Gasteiger partial charge in [-0.05, 0) is 41.9 Å². The Hall–Kier alpha value is -1.87. The lowest BCUT2D eigenvalue weighted by Gasteiger charge is -2.03. The van der Waals surface area contributed by atoms with Crippen molar-refractivity contribution in [2.24, 2.45) is 0 Å². The highest BCUT2D eigenvalue weighted by Crippen LogP contribution is 2.26. The molecule has 94 valence electrons. The number of nitrogens with zero attached hydrogens (tertiary/aromatic N) is 2. The molecule has 19 heavy (non-hydrogen) atoms. The minimum absolute atomic E-state index is 0.798. The van der Waals surface area contributed by atoms with Crippen molar-refractivity contribution in [3.63, 3.8) is 0 Å². The van der Waals surface area contributed by atoms with Crippen LogP contribution < -0.4 is 0 Å². The van der Waals surface area contributed by atoms with Gasteiger partial charge in [-0.3, -0.25) is 0 Å². The first-order valence-corrected chi connectivity index (χ1v) is 7.15. The summed E-state index contributed by atoms with van der Waals surface area (Å²) in [6.07, 6.45) is 2.93. The molecule has 0 amide bonds. The third-order valence-electron chi connectivity index (χ3n) is 2.98. The molecule has 0 unspecified atom stereocenters. The van der Waals surface area contributed by atoms with Crippen LogP contribution in [0.5, 0.6) is 0 Å². The predicted molar refractivity (Wildman–Crippen MR) is 79.5 cm³/mol. The Bertz CT molecular complexity index is 710. The number of hydrogen-bond acceptors (Lipinski definition) is 3. The average molecular weight is 266 g/mol. The lowest BCUT2D eigenvalue weighted by molar-refractivity contribution is 1.00. The zero-order valence-corrected chi connectivity index (χ0v) is 11.5. The lowest BCUT2D eigenvalue weighted by Crippen LogP contribution is -1.87. The molecule has 1 heterocycles. The van der Waals surface area contributed by atoms with Crippen LogP contribution in [0.4, 0.5) is 0 Å². The molecule has 2 nitrogen and oxygen atoms in total. The molecule has 0 atom stereocenters. The van der Waals surface area contributed by atoms with Crippen LogP contribution in [-0.2, 0) is 6.42 Å². The van der Waals surface area contributed by atoms with Crippen LogP contribution in [0.25, 0.3) is 10.9 Å². The first-order valence-electron chi connectivity index (χ1n) is 6.34. The van der Waals surface area contributed by atoms with E-state index in [0.717, 1.165) is 22.5 Å². The first kappa shape index (κ1) is 12.2. The van der Waals surface area contributed by atoms with E-state index in [1.807, 2.05) is 30.5 Å². The molecule has 0 aliphatic rings. The maximum atomic E-state index is 4.58. The summed E-state index contributed by atoms with van der Waals surface area (Å²) in [6, 6.07) is 16.6. The molecule has 0 bridgehead atoms. The van der Waals surface area contributed by atoms with Crippen LogP contribution >= 0.6 is 11.8 Å². The van der Waals surface area contributed by atoms with E-state index >= 15 is 0 Å². The summed E-state index contributed by atoms with van der Waals surface area (Å²) in [4.78, 5) is 10.2. The molecule has 0 aliphatic heterocycles. The molecule has 0 radical (unpaired) electrons. The van der Waals surface area contributed by atoms with E-state index in [-0.39, 0.29) is 0 Å². The Morgan fingerprint density at radius 3 is 2.84 bits per heavy atom. The van der Waals surface area contributed by atoms with E-state index in [4.69, 9.17) is 0 Å². The fourth-order valence-corrected chi connectivity index (χ4v) is 2.76. The van der Waals surface area contributed by atoms with Gasteiger partial charge >= 0.3 is 0 Å². The molecule has 0 spiro atoms. The Labute approximate surface area is 116 Å². The fourth-order valence-electron chi connectivity index (χ4n) is 1.94. The van der Waals surface area contributed by atoms with Crippen LogP contribution in [0, 0.1) is 0 Å². The van der Waals surface area contributed by atoms with Crippen molar-refractivity contribution < 1.29 is 0 Å². The van der Waals surface area contributed by atoms with Crippen molar-refractivity contribution in [1.82, 2.24) is 9.97 Å². The van der Waals surface area contributed by atoms with Crippen LogP contribution in [0.1, 0.15) is 12.5 Å². The van der Waals surface area contributed by atoms with E-state index in [0.29, 0.717) is 0 Å². The Balaban J connectivity index is 1.92. The number of para-hydroxylation sites is 1. The smallest absolute Gasteiger partial charge is 0.192 e. The van der Waals surface area contributed by atoms with Crippen LogP contribution in [0.15, 0.2) is 64.8 Å². The Morgan fingerprint density at radius 2 is 1.95 bits per heavy atom. The van der Waals surface area contributed by atoms with E-state index in [9.17, 15) is 0 Å². The quantitative estimate of drug-likeness (QED) is 0.659. The molecule has 0 N–H and O–H groups in total. The zero-order valence-electron chi connectivity index (χ0n) is 10.7. The van der Waals surface area contributed by atoms with Crippen LogP contribution in [0.2, 0.25) is 0 Å². The maximum Gasteiger partial charge on any atom is 0.192 e. The summed E-state index contributed by atoms with van der Waals surface area (Å²) in [5.41, 5.74) is 2.33. The van der Waals surface area contributed by atoms with Gasteiger partial charge in [0.05, 0.1) is 5.52 Å². The molecular formula is C16H14N2S. The van der Waals surface area contributed by atoms with Gasteiger partial charge in [-0.15, -0.1) is 0 Å². The van der Waals surface area contributed by atoms with E-state index in [2.05, 4.69) is 41.2 Å². The van der Waals surface area contributed by atoms with Crippen molar-refractivity contribution in [2.75, 3.05) is 0 Å². The summed E-state index contributed by atoms with van der Waals surface area (Å²) < 4.78 is 0. The molecule has 2 aromatic carbocycles. The van der Waals surface area contributed by atoms with Crippen molar-refractivity contribution in [3.8, 4) is 0 Å². The van der Waals surface area contributed by atoms with Crippen LogP contribution in [-0.4, -0.2) is 9.97 Å². The summed E-state index contributed by atoms with van der Waals surface area (Å²) >= 11 is 1.61. The van der Waals surface area contributed by atoms with Gasteiger partial charge in [0, 0.05) is 16.5 Å². The van der Waals surface area contributed by atoms with Crippen LogP contribution in [0.3, 0.4) is 0 Å². The highest BCUT2D eigenvalue weighted by molar-refractivity contribution is 7.99. The predicted octanol–water partition coefficient (Wildman–Crippen LogP) is 4.34. The Morgan fingerprint density at radius 1 is 1.05 bits per heavy atom. The third-order valence-corrected chi connectivity index (χ3v) is 3.85. The van der Waals surface area contributed by atoms with Crippen molar-refractivity contribution in [3.05, 3.63) is 60.3 Å². The average Bonchev–Trinajstić information content (AvgIpc) is 2.47. The lowest BCUT2D eigenvalue weighted by atomic mass is 10.2. The molecule has 0 aliphatic carbocycles.